The minimum Gasteiger partial charge on any atom is -0.490 e. The molecule has 0 N–H and O–H groups in total. The first-order valence-corrected chi connectivity index (χ1v) is 10.3. The van der Waals surface area contributed by atoms with Gasteiger partial charge in [0.05, 0.1) is 0 Å². The van der Waals surface area contributed by atoms with Crippen molar-refractivity contribution in [1.29, 1.82) is 0 Å². The lowest BCUT2D eigenvalue weighted by molar-refractivity contribution is 0.0126. The number of para-hydroxylation sites is 1. The lowest BCUT2D eigenvalue weighted by Gasteiger charge is -2.33. The van der Waals surface area contributed by atoms with Crippen molar-refractivity contribution in [3.63, 3.8) is 0 Å². The Labute approximate surface area is 176 Å². The predicted octanol–water partition coefficient (Wildman–Crippen LogP) is 5.85. The molecule has 1 heterocycles. The third-order valence-corrected chi connectivity index (χ3v) is 4.99. The van der Waals surface area contributed by atoms with E-state index in [0.717, 1.165) is 24.2 Å². The number of amides is 1. The Morgan fingerprint density at radius 2 is 1.83 bits per heavy atom. The van der Waals surface area contributed by atoms with Gasteiger partial charge in [-0.2, -0.15) is 0 Å². The fourth-order valence-electron chi connectivity index (χ4n) is 3.30. The van der Waals surface area contributed by atoms with Crippen LogP contribution in [-0.4, -0.2) is 35.8 Å². The highest BCUT2D eigenvalue weighted by atomic mass is 35.5. The molecule has 0 bridgehead atoms. The van der Waals surface area contributed by atoms with E-state index in [1.54, 1.807) is 17.0 Å². The molecule has 0 aromatic heterocycles. The number of ether oxygens (including phenoxy) is 2. The zero-order valence-electron chi connectivity index (χ0n) is 17.1. The fourth-order valence-corrected chi connectivity index (χ4v) is 3.46. The van der Waals surface area contributed by atoms with E-state index in [1.165, 1.54) is 6.07 Å². The predicted molar refractivity (Wildman–Crippen MR) is 112 cm³/mol. The van der Waals surface area contributed by atoms with Gasteiger partial charge in [-0.3, -0.25) is 0 Å². The summed E-state index contributed by atoms with van der Waals surface area (Å²) in [7, 11) is 0. The maximum Gasteiger partial charge on any atom is 0.410 e. The van der Waals surface area contributed by atoms with Crippen molar-refractivity contribution in [2.75, 3.05) is 13.1 Å². The Morgan fingerprint density at radius 3 is 2.48 bits per heavy atom. The van der Waals surface area contributed by atoms with Gasteiger partial charge in [0.1, 0.15) is 23.3 Å². The van der Waals surface area contributed by atoms with Gasteiger partial charge < -0.3 is 14.4 Å². The minimum absolute atomic E-state index is 0.00454. The molecule has 1 saturated heterocycles. The zero-order valence-corrected chi connectivity index (χ0v) is 17.8. The zero-order chi connectivity index (χ0) is 21.0. The van der Waals surface area contributed by atoms with Crippen LogP contribution in [0.5, 0.6) is 5.75 Å². The van der Waals surface area contributed by atoms with Crippen molar-refractivity contribution in [3.05, 3.63) is 64.4 Å². The lowest BCUT2D eigenvalue weighted by atomic mass is 10.0. The quantitative estimate of drug-likeness (QED) is 0.624. The third-order valence-electron chi connectivity index (χ3n) is 4.76. The Bertz CT molecular complexity index is 857. The number of hydrogen-bond donors (Lipinski definition) is 0. The van der Waals surface area contributed by atoms with Crippen molar-refractivity contribution in [1.82, 2.24) is 4.90 Å². The SMILES string of the molecule is CC(C)(C)OC(=O)N1CCC(Oc2ccccc2Cc2ccc(Cl)cc2F)CC1. The molecule has 0 saturated carbocycles. The average molecular weight is 420 g/mol. The maximum absolute atomic E-state index is 14.2. The Hall–Kier alpha value is -2.27. The van der Waals surface area contributed by atoms with Crippen LogP contribution in [0.2, 0.25) is 5.02 Å². The van der Waals surface area contributed by atoms with E-state index in [0.29, 0.717) is 30.1 Å². The van der Waals surface area contributed by atoms with Crippen molar-refractivity contribution >= 4 is 17.7 Å². The number of rotatable bonds is 4. The smallest absolute Gasteiger partial charge is 0.410 e. The number of carbonyl (C=O) groups is 1. The van der Waals surface area contributed by atoms with Crippen molar-refractivity contribution in [2.24, 2.45) is 0 Å². The van der Waals surface area contributed by atoms with Gasteiger partial charge >= 0.3 is 6.09 Å². The highest BCUT2D eigenvalue weighted by molar-refractivity contribution is 6.30. The Balaban J connectivity index is 1.61. The summed E-state index contributed by atoms with van der Waals surface area (Å²) >= 11 is 5.85. The largest absolute Gasteiger partial charge is 0.490 e. The normalized spacial score (nSPS) is 15.3. The average Bonchev–Trinajstić information content (AvgIpc) is 2.64. The molecule has 1 aliphatic rings. The third kappa shape index (κ3) is 6.10. The van der Waals surface area contributed by atoms with E-state index >= 15 is 0 Å². The van der Waals surface area contributed by atoms with Crippen molar-refractivity contribution in [2.45, 2.75) is 51.7 Å². The summed E-state index contributed by atoms with van der Waals surface area (Å²) in [5.41, 5.74) is 0.994. The molecule has 0 spiro atoms. The molecule has 1 aliphatic heterocycles. The first kappa shape index (κ1) is 21.4. The minimum atomic E-state index is -0.500. The maximum atomic E-state index is 14.2. The van der Waals surface area contributed by atoms with Crippen LogP contribution >= 0.6 is 11.6 Å². The molecular formula is C23H27ClFNO3. The molecule has 2 aromatic carbocycles. The van der Waals surface area contributed by atoms with Crippen LogP contribution in [0, 0.1) is 5.82 Å². The molecule has 0 unspecified atom stereocenters. The summed E-state index contributed by atoms with van der Waals surface area (Å²) in [5.74, 6) is 0.426. The summed E-state index contributed by atoms with van der Waals surface area (Å²) in [4.78, 5) is 13.9. The topological polar surface area (TPSA) is 38.8 Å². The summed E-state index contributed by atoms with van der Waals surface area (Å²) in [5, 5.41) is 0.382. The summed E-state index contributed by atoms with van der Waals surface area (Å²) in [6.45, 7) is 6.77. The van der Waals surface area contributed by atoms with Crippen LogP contribution in [0.25, 0.3) is 0 Å². The molecule has 29 heavy (non-hydrogen) atoms. The fraction of sp³-hybridized carbons (Fsp3) is 0.435. The number of benzene rings is 2. The molecule has 156 valence electrons. The molecule has 4 nitrogen and oxygen atoms in total. The van der Waals surface area contributed by atoms with E-state index in [9.17, 15) is 9.18 Å². The van der Waals surface area contributed by atoms with Crippen molar-refractivity contribution < 1.29 is 18.7 Å². The molecule has 2 aromatic rings. The monoisotopic (exact) mass is 419 g/mol. The van der Waals surface area contributed by atoms with Crippen LogP contribution in [0.1, 0.15) is 44.7 Å². The number of likely N-dealkylation sites (tertiary alicyclic amines) is 1. The van der Waals surface area contributed by atoms with E-state index in [1.807, 2.05) is 45.0 Å². The summed E-state index contributed by atoms with van der Waals surface area (Å²) in [6.07, 6.45) is 1.60. The summed E-state index contributed by atoms with van der Waals surface area (Å²) in [6, 6.07) is 12.4. The molecular weight excluding hydrogens is 393 g/mol. The van der Waals surface area contributed by atoms with Gasteiger partial charge in [-0.05, 0) is 50.1 Å². The first-order valence-electron chi connectivity index (χ1n) is 9.88. The van der Waals surface area contributed by atoms with Gasteiger partial charge in [0.2, 0.25) is 0 Å². The van der Waals surface area contributed by atoms with Crippen molar-refractivity contribution in [3.8, 4) is 5.75 Å². The second-order valence-corrected chi connectivity index (χ2v) is 8.74. The van der Waals surface area contributed by atoms with E-state index in [-0.39, 0.29) is 18.0 Å². The second-order valence-electron chi connectivity index (χ2n) is 8.30. The van der Waals surface area contributed by atoms with E-state index in [2.05, 4.69) is 0 Å². The number of carbonyl (C=O) groups excluding carboxylic acids is 1. The number of piperidine rings is 1. The molecule has 3 rings (SSSR count). The van der Waals surface area contributed by atoms with Gasteiger partial charge in [0, 0.05) is 37.4 Å². The van der Waals surface area contributed by atoms with E-state index < -0.39 is 5.60 Å². The molecule has 0 atom stereocenters. The van der Waals surface area contributed by atoms with Gasteiger partial charge in [0.25, 0.3) is 0 Å². The molecule has 0 aliphatic carbocycles. The molecule has 0 radical (unpaired) electrons. The number of nitrogens with zero attached hydrogens (tertiary/aromatic N) is 1. The Kier molecular flexibility index (Phi) is 6.68. The van der Waals surface area contributed by atoms with Crippen LogP contribution < -0.4 is 4.74 Å². The van der Waals surface area contributed by atoms with Crippen LogP contribution in [0.15, 0.2) is 42.5 Å². The second kappa shape index (κ2) is 9.04. The number of hydrogen-bond acceptors (Lipinski definition) is 3. The molecule has 1 fully saturated rings. The van der Waals surface area contributed by atoms with Crippen LogP contribution in [-0.2, 0) is 11.2 Å². The highest BCUT2D eigenvalue weighted by Crippen LogP contribution is 2.27. The molecule has 6 heteroatoms. The standard InChI is InChI=1S/C23H27ClFNO3/c1-23(2,3)29-22(27)26-12-10-19(11-13-26)28-21-7-5-4-6-17(21)14-16-8-9-18(24)15-20(16)25/h4-9,15,19H,10-14H2,1-3H3. The molecule has 1 amide bonds. The van der Waals surface area contributed by atoms with E-state index in [4.69, 9.17) is 21.1 Å². The first-order chi connectivity index (χ1) is 13.7. The number of halogens is 2. The van der Waals surface area contributed by atoms with Crippen LogP contribution in [0.3, 0.4) is 0 Å². The Morgan fingerprint density at radius 1 is 1.14 bits per heavy atom. The van der Waals surface area contributed by atoms with Gasteiger partial charge in [0.15, 0.2) is 0 Å². The van der Waals surface area contributed by atoms with Crippen LogP contribution in [0.4, 0.5) is 9.18 Å². The van der Waals surface area contributed by atoms with Gasteiger partial charge in [-0.25, -0.2) is 9.18 Å². The lowest BCUT2D eigenvalue weighted by Crippen LogP contribution is -2.44. The highest BCUT2D eigenvalue weighted by Gasteiger charge is 2.28. The van der Waals surface area contributed by atoms with Gasteiger partial charge in [-0.15, -0.1) is 0 Å². The van der Waals surface area contributed by atoms with Gasteiger partial charge in [-0.1, -0.05) is 35.9 Å². The summed E-state index contributed by atoms with van der Waals surface area (Å²) < 4.78 is 25.8.